The van der Waals surface area contributed by atoms with Gasteiger partial charge < -0.3 is 10.6 Å². The topological polar surface area (TPSA) is 104 Å². The second-order valence-electron chi connectivity index (χ2n) is 6.37. The Balaban J connectivity index is 1.64. The number of amides is 1. The van der Waals surface area contributed by atoms with Crippen molar-refractivity contribution in [2.75, 3.05) is 31.5 Å². The summed E-state index contributed by atoms with van der Waals surface area (Å²) < 4.78 is 41.0. The van der Waals surface area contributed by atoms with Gasteiger partial charge in [-0.15, -0.1) is 0 Å². The van der Waals surface area contributed by atoms with Gasteiger partial charge in [-0.2, -0.15) is 4.31 Å². The minimum absolute atomic E-state index is 0.0907. The molecule has 0 radical (unpaired) electrons. The van der Waals surface area contributed by atoms with Crippen molar-refractivity contribution < 1.29 is 17.6 Å². The number of anilines is 1. The van der Waals surface area contributed by atoms with Crippen molar-refractivity contribution in [1.29, 1.82) is 0 Å². The van der Waals surface area contributed by atoms with E-state index in [1.54, 1.807) is 18.5 Å². The molecule has 1 aromatic carbocycles. The SMILES string of the molecule is O=C(NCCNc1ncccn1)c1ccc(F)c(S(=O)(=O)N2CCCCC2)c1. The van der Waals surface area contributed by atoms with Gasteiger partial charge in [0.25, 0.3) is 5.91 Å². The molecule has 0 aliphatic carbocycles. The quantitative estimate of drug-likeness (QED) is 0.676. The first-order valence-electron chi connectivity index (χ1n) is 9.07. The molecule has 2 heterocycles. The van der Waals surface area contributed by atoms with Gasteiger partial charge in [0.2, 0.25) is 16.0 Å². The van der Waals surface area contributed by atoms with Crippen molar-refractivity contribution in [3.05, 3.63) is 48.0 Å². The summed E-state index contributed by atoms with van der Waals surface area (Å²) in [7, 11) is -3.96. The molecule has 2 aromatic rings. The Morgan fingerprint density at radius 1 is 1.11 bits per heavy atom. The van der Waals surface area contributed by atoms with Crippen LogP contribution in [0.3, 0.4) is 0 Å². The third kappa shape index (κ3) is 4.82. The Kier molecular flexibility index (Phi) is 6.53. The number of hydrogen-bond acceptors (Lipinski definition) is 6. The number of nitrogens with zero attached hydrogens (tertiary/aromatic N) is 3. The number of hydrogen-bond donors (Lipinski definition) is 2. The van der Waals surface area contributed by atoms with Crippen molar-refractivity contribution in [2.45, 2.75) is 24.2 Å². The minimum Gasteiger partial charge on any atom is -0.352 e. The average Bonchev–Trinajstić information content (AvgIpc) is 2.72. The van der Waals surface area contributed by atoms with Crippen LogP contribution in [0.1, 0.15) is 29.6 Å². The Morgan fingerprint density at radius 3 is 2.54 bits per heavy atom. The van der Waals surface area contributed by atoms with Crippen LogP contribution in [0.5, 0.6) is 0 Å². The van der Waals surface area contributed by atoms with Crippen molar-refractivity contribution in [3.63, 3.8) is 0 Å². The van der Waals surface area contributed by atoms with Gasteiger partial charge in [-0.3, -0.25) is 4.79 Å². The summed E-state index contributed by atoms with van der Waals surface area (Å²) in [5, 5.41) is 5.60. The number of benzene rings is 1. The first-order valence-corrected chi connectivity index (χ1v) is 10.5. The molecule has 150 valence electrons. The molecule has 1 aromatic heterocycles. The van der Waals surface area contributed by atoms with Gasteiger partial charge in [-0.25, -0.2) is 22.8 Å². The predicted octanol–water partition coefficient (Wildman–Crippen LogP) is 1.63. The second-order valence-corrected chi connectivity index (χ2v) is 8.27. The molecule has 1 saturated heterocycles. The number of carbonyl (C=O) groups excluding carboxylic acids is 1. The Hall–Kier alpha value is -2.59. The van der Waals surface area contributed by atoms with E-state index in [1.807, 2.05) is 0 Å². The Labute approximate surface area is 163 Å². The Morgan fingerprint density at radius 2 is 1.82 bits per heavy atom. The summed E-state index contributed by atoms with van der Waals surface area (Å²) in [6.45, 7) is 1.38. The number of carbonyl (C=O) groups is 1. The molecule has 0 atom stereocenters. The van der Waals surface area contributed by atoms with Crippen LogP contribution in [0.4, 0.5) is 10.3 Å². The minimum atomic E-state index is -3.96. The molecule has 0 unspecified atom stereocenters. The molecule has 0 saturated carbocycles. The van der Waals surface area contributed by atoms with Gasteiger partial charge in [0.1, 0.15) is 10.7 Å². The summed E-state index contributed by atoms with van der Waals surface area (Å²) in [5.74, 6) is -0.899. The molecule has 1 fully saturated rings. The van der Waals surface area contributed by atoms with Crippen LogP contribution in [-0.2, 0) is 10.0 Å². The molecule has 1 amide bonds. The average molecular weight is 407 g/mol. The lowest BCUT2D eigenvalue weighted by Crippen LogP contribution is -2.36. The first-order chi connectivity index (χ1) is 13.5. The maximum Gasteiger partial charge on any atom is 0.251 e. The fourth-order valence-corrected chi connectivity index (χ4v) is 4.54. The molecule has 8 nitrogen and oxygen atoms in total. The van der Waals surface area contributed by atoms with Gasteiger partial charge in [0.15, 0.2) is 0 Å². The van der Waals surface area contributed by atoms with E-state index >= 15 is 0 Å². The maximum atomic E-state index is 14.2. The van der Waals surface area contributed by atoms with Crippen molar-refractivity contribution in [1.82, 2.24) is 19.6 Å². The monoisotopic (exact) mass is 407 g/mol. The first kappa shape index (κ1) is 20.2. The normalized spacial score (nSPS) is 15.2. The van der Waals surface area contributed by atoms with Crippen molar-refractivity contribution in [3.8, 4) is 0 Å². The highest BCUT2D eigenvalue weighted by molar-refractivity contribution is 7.89. The third-order valence-electron chi connectivity index (χ3n) is 4.39. The van der Waals surface area contributed by atoms with Crippen LogP contribution in [0.15, 0.2) is 41.6 Å². The van der Waals surface area contributed by atoms with Crippen LogP contribution >= 0.6 is 0 Å². The highest BCUT2D eigenvalue weighted by atomic mass is 32.2. The van der Waals surface area contributed by atoms with Gasteiger partial charge in [-0.05, 0) is 37.1 Å². The lowest BCUT2D eigenvalue weighted by atomic mass is 10.2. The standard InChI is InChI=1S/C18H22FN5O3S/c19-15-6-5-14(13-16(15)28(26,27)24-11-2-1-3-12-24)17(25)20-9-10-23-18-21-7-4-8-22-18/h4-8,13H,1-3,9-12H2,(H,20,25)(H,21,22,23). The largest absolute Gasteiger partial charge is 0.352 e. The molecule has 0 bridgehead atoms. The summed E-state index contributed by atoms with van der Waals surface area (Å²) in [6, 6.07) is 5.08. The van der Waals surface area contributed by atoms with E-state index in [-0.39, 0.29) is 12.1 Å². The third-order valence-corrected chi connectivity index (χ3v) is 6.30. The molecule has 1 aliphatic heterocycles. The molecular formula is C18H22FN5O3S. The van der Waals surface area contributed by atoms with Crippen molar-refractivity contribution in [2.24, 2.45) is 0 Å². The summed E-state index contributed by atoms with van der Waals surface area (Å²) in [5.41, 5.74) is 0.0907. The molecular weight excluding hydrogens is 385 g/mol. The van der Waals surface area contributed by atoms with E-state index < -0.39 is 26.6 Å². The predicted molar refractivity (Wildman–Crippen MR) is 102 cm³/mol. The summed E-state index contributed by atoms with van der Waals surface area (Å²) in [6.07, 6.45) is 5.64. The molecule has 0 spiro atoms. The van der Waals surface area contributed by atoms with Crippen LogP contribution in [0, 0.1) is 5.82 Å². The lowest BCUT2D eigenvalue weighted by Gasteiger charge is -2.26. The number of piperidine rings is 1. The van der Waals surface area contributed by atoms with E-state index in [0.29, 0.717) is 25.6 Å². The van der Waals surface area contributed by atoms with Gasteiger partial charge >= 0.3 is 0 Å². The Bertz CT molecular complexity index is 918. The highest BCUT2D eigenvalue weighted by Crippen LogP contribution is 2.24. The van der Waals surface area contributed by atoms with Gasteiger partial charge in [0.05, 0.1) is 0 Å². The molecule has 28 heavy (non-hydrogen) atoms. The maximum absolute atomic E-state index is 14.2. The number of halogens is 1. The summed E-state index contributed by atoms with van der Waals surface area (Å²) in [4.78, 5) is 19.9. The molecule has 10 heteroatoms. The van der Waals surface area contributed by atoms with Crippen LogP contribution in [0.2, 0.25) is 0 Å². The van der Waals surface area contributed by atoms with Crippen molar-refractivity contribution >= 4 is 21.9 Å². The van der Waals surface area contributed by atoms with E-state index in [2.05, 4.69) is 20.6 Å². The van der Waals surface area contributed by atoms with Gasteiger partial charge in [0, 0.05) is 44.1 Å². The zero-order valence-electron chi connectivity index (χ0n) is 15.3. The van der Waals surface area contributed by atoms with E-state index in [0.717, 1.165) is 31.4 Å². The zero-order valence-corrected chi connectivity index (χ0v) is 16.1. The van der Waals surface area contributed by atoms with Crippen LogP contribution in [-0.4, -0.2) is 54.8 Å². The fraction of sp³-hybridized carbons (Fsp3) is 0.389. The number of rotatable bonds is 7. The number of nitrogens with one attached hydrogen (secondary N) is 2. The highest BCUT2D eigenvalue weighted by Gasteiger charge is 2.29. The zero-order chi connectivity index (χ0) is 20.0. The fourth-order valence-electron chi connectivity index (χ4n) is 2.93. The number of sulfonamides is 1. The molecule has 1 aliphatic rings. The summed E-state index contributed by atoms with van der Waals surface area (Å²) >= 11 is 0. The smallest absolute Gasteiger partial charge is 0.251 e. The van der Waals surface area contributed by atoms with E-state index in [1.165, 1.54) is 10.4 Å². The number of aromatic nitrogens is 2. The lowest BCUT2D eigenvalue weighted by molar-refractivity contribution is 0.0955. The van der Waals surface area contributed by atoms with E-state index in [9.17, 15) is 17.6 Å². The van der Waals surface area contributed by atoms with Gasteiger partial charge in [-0.1, -0.05) is 6.42 Å². The van der Waals surface area contributed by atoms with Crippen LogP contribution in [0.25, 0.3) is 0 Å². The molecule has 2 N–H and O–H groups in total. The van der Waals surface area contributed by atoms with E-state index in [4.69, 9.17) is 0 Å². The molecule has 3 rings (SSSR count). The van der Waals surface area contributed by atoms with Crippen LogP contribution < -0.4 is 10.6 Å². The second kappa shape index (κ2) is 9.07.